The minimum Gasteiger partial charge on any atom is -0.493 e. The van der Waals surface area contributed by atoms with E-state index in [0.717, 1.165) is 16.6 Å². The van der Waals surface area contributed by atoms with Gasteiger partial charge in [0.15, 0.2) is 22.2 Å². The minimum absolute atomic E-state index is 0.109. The van der Waals surface area contributed by atoms with Crippen molar-refractivity contribution in [3.05, 3.63) is 66.7 Å². The minimum atomic E-state index is -0.109. The van der Waals surface area contributed by atoms with Crippen molar-refractivity contribution in [1.29, 1.82) is 0 Å². The van der Waals surface area contributed by atoms with Crippen molar-refractivity contribution in [2.45, 2.75) is 18.6 Å². The summed E-state index contributed by atoms with van der Waals surface area (Å²) in [4.78, 5) is 12.4. The van der Waals surface area contributed by atoms with Crippen molar-refractivity contribution in [2.24, 2.45) is 0 Å². The molecular formula is C23H22N4O3S. The zero-order valence-electron chi connectivity index (χ0n) is 17.3. The van der Waals surface area contributed by atoms with Gasteiger partial charge in [-0.05, 0) is 30.7 Å². The normalized spacial score (nSPS) is 10.9. The summed E-state index contributed by atoms with van der Waals surface area (Å²) >= 11 is 1.31. The number of rotatable bonds is 8. The summed E-state index contributed by atoms with van der Waals surface area (Å²) in [5.74, 6) is 1.89. The highest BCUT2D eigenvalue weighted by Crippen LogP contribution is 2.33. The van der Waals surface area contributed by atoms with E-state index in [0.29, 0.717) is 34.6 Å². The Morgan fingerprint density at radius 2 is 2.10 bits per heavy atom. The number of fused-ring (bicyclic) bond motifs is 1. The molecule has 2 aromatic carbocycles. The Balaban J connectivity index is 1.56. The summed E-state index contributed by atoms with van der Waals surface area (Å²) in [5.41, 5.74) is 2.47. The van der Waals surface area contributed by atoms with Crippen molar-refractivity contribution in [1.82, 2.24) is 14.8 Å². The molecule has 0 saturated carbocycles. The number of carbonyl (C=O) groups is 1. The largest absolute Gasteiger partial charge is 0.493 e. The fourth-order valence-electron chi connectivity index (χ4n) is 3.21. The lowest BCUT2D eigenvalue weighted by Crippen LogP contribution is -2.15. The number of nitrogens with zero attached hydrogens (tertiary/aromatic N) is 3. The summed E-state index contributed by atoms with van der Waals surface area (Å²) in [6, 6.07) is 15.3. The molecule has 0 aliphatic carbocycles. The average molecular weight is 435 g/mol. The van der Waals surface area contributed by atoms with Gasteiger partial charge in [0.05, 0.1) is 12.9 Å². The van der Waals surface area contributed by atoms with Gasteiger partial charge < -0.3 is 14.5 Å². The maximum atomic E-state index is 12.4. The zero-order chi connectivity index (χ0) is 21.8. The van der Waals surface area contributed by atoms with Gasteiger partial charge in [-0.1, -0.05) is 48.2 Å². The Morgan fingerprint density at radius 3 is 2.87 bits per heavy atom. The molecule has 0 radical (unpaired) electrons. The molecule has 8 heteroatoms. The van der Waals surface area contributed by atoms with Gasteiger partial charge in [0.25, 0.3) is 0 Å². The van der Waals surface area contributed by atoms with Gasteiger partial charge in [-0.15, -0.1) is 16.8 Å². The second kappa shape index (κ2) is 9.09. The van der Waals surface area contributed by atoms with E-state index in [9.17, 15) is 4.79 Å². The number of hydrogen-bond donors (Lipinski definition) is 1. The lowest BCUT2D eigenvalue weighted by atomic mass is 10.2. The summed E-state index contributed by atoms with van der Waals surface area (Å²) in [6.45, 7) is 6.27. The predicted octanol–water partition coefficient (Wildman–Crippen LogP) is 4.93. The van der Waals surface area contributed by atoms with E-state index in [1.807, 2.05) is 60.0 Å². The first-order valence-electron chi connectivity index (χ1n) is 9.70. The zero-order valence-corrected chi connectivity index (χ0v) is 18.1. The van der Waals surface area contributed by atoms with E-state index in [4.69, 9.17) is 9.15 Å². The number of para-hydroxylation sites is 2. The van der Waals surface area contributed by atoms with Gasteiger partial charge >= 0.3 is 0 Å². The number of allylic oxidation sites excluding steroid dienone is 1. The molecule has 7 nitrogen and oxygen atoms in total. The number of thioether (sulfide) groups is 1. The molecule has 31 heavy (non-hydrogen) atoms. The molecule has 2 heterocycles. The predicted molar refractivity (Wildman–Crippen MR) is 123 cm³/mol. The summed E-state index contributed by atoms with van der Waals surface area (Å²) in [6.07, 6.45) is 1.76. The molecule has 0 saturated heterocycles. The summed E-state index contributed by atoms with van der Waals surface area (Å²) in [5, 5.41) is 13.0. The van der Waals surface area contributed by atoms with Crippen LogP contribution < -0.4 is 10.1 Å². The molecule has 0 atom stereocenters. The topological polar surface area (TPSA) is 82.2 Å². The van der Waals surface area contributed by atoms with Crippen molar-refractivity contribution in [2.75, 3.05) is 18.2 Å². The number of amides is 1. The smallest absolute Gasteiger partial charge is 0.234 e. The first-order chi connectivity index (χ1) is 15.1. The Hall–Kier alpha value is -3.52. The standard InChI is InChI=1S/C23H22N4O3S/c1-4-12-27-22(19-13-16-9-7-11-18(29-3)21(16)30-19)25-26-23(27)31-14-20(28)24-17-10-6-5-8-15(17)2/h4-11,13H,1,12,14H2,2-3H3,(H,24,28). The average Bonchev–Trinajstić information content (AvgIpc) is 3.38. The van der Waals surface area contributed by atoms with Crippen molar-refractivity contribution in [3.8, 4) is 17.3 Å². The molecule has 0 aliphatic rings. The molecule has 1 N–H and O–H groups in total. The second-order valence-corrected chi connectivity index (χ2v) is 7.79. The first-order valence-corrected chi connectivity index (χ1v) is 10.7. The van der Waals surface area contributed by atoms with E-state index < -0.39 is 0 Å². The molecule has 4 rings (SSSR count). The van der Waals surface area contributed by atoms with Crippen LogP contribution in [-0.4, -0.2) is 33.5 Å². The molecule has 1 amide bonds. The highest BCUT2D eigenvalue weighted by molar-refractivity contribution is 7.99. The van der Waals surface area contributed by atoms with E-state index in [1.54, 1.807) is 13.2 Å². The summed E-state index contributed by atoms with van der Waals surface area (Å²) < 4.78 is 13.3. The third kappa shape index (κ3) is 4.34. The molecule has 0 aliphatic heterocycles. The van der Waals surface area contributed by atoms with E-state index in [-0.39, 0.29) is 11.7 Å². The third-order valence-corrected chi connectivity index (χ3v) is 5.70. The molecule has 2 aromatic heterocycles. The number of ether oxygens (including phenoxy) is 1. The number of nitrogens with one attached hydrogen (secondary N) is 1. The maximum Gasteiger partial charge on any atom is 0.234 e. The van der Waals surface area contributed by atoms with Gasteiger partial charge in [0, 0.05) is 17.6 Å². The number of aryl methyl sites for hydroxylation is 1. The number of methoxy groups -OCH3 is 1. The number of anilines is 1. The molecule has 0 fully saturated rings. The van der Waals surface area contributed by atoms with Gasteiger partial charge in [0.2, 0.25) is 11.7 Å². The molecular weight excluding hydrogens is 412 g/mol. The summed E-state index contributed by atoms with van der Waals surface area (Å²) in [7, 11) is 1.61. The van der Waals surface area contributed by atoms with Gasteiger partial charge in [-0.25, -0.2) is 0 Å². The van der Waals surface area contributed by atoms with Crippen LogP contribution in [0.15, 0.2) is 70.8 Å². The highest BCUT2D eigenvalue weighted by Gasteiger charge is 2.19. The molecule has 0 bridgehead atoms. The van der Waals surface area contributed by atoms with E-state index in [1.165, 1.54) is 11.8 Å². The lowest BCUT2D eigenvalue weighted by Gasteiger charge is -2.08. The Morgan fingerprint density at radius 1 is 1.26 bits per heavy atom. The number of furan rings is 1. The van der Waals surface area contributed by atoms with Crippen LogP contribution in [0.4, 0.5) is 5.69 Å². The first kappa shape index (κ1) is 20.7. The van der Waals surface area contributed by atoms with Crippen molar-refractivity contribution >= 4 is 34.3 Å². The SMILES string of the molecule is C=CCn1c(SCC(=O)Nc2ccccc2C)nnc1-c1cc2cccc(OC)c2o1. The van der Waals surface area contributed by atoms with Crippen LogP contribution in [0.2, 0.25) is 0 Å². The monoisotopic (exact) mass is 434 g/mol. The van der Waals surface area contributed by atoms with Crippen LogP contribution in [0.25, 0.3) is 22.6 Å². The van der Waals surface area contributed by atoms with E-state index in [2.05, 4.69) is 22.1 Å². The number of aromatic nitrogens is 3. The number of hydrogen-bond acceptors (Lipinski definition) is 6. The van der Waals surface area contributed by atoms with Gasteiger partial charge in [-0.2, -0.15) is 0 Å². The highest BCUT2D eigenvalue weighted by atomic mass is 32.2. The van der Waals surface area contributed by atoms with Crippen LogP contribution in [-0.2, 0) is 11.3 Å². The Bertz CT molecular complexity index is 1240. The number of carbonyl (C=O) groups excluding carboxylic acids is 1. The number of benzene rings is 2. The van der Waals surface area contributed by atoms with Crippen molar-refractivity contribution < 1.29 is 13.9 Å². The quantitative estimate of drug-likeness (QED) is 0.313. The lowest BCUT2D eigenvalue weighted by molar-refractivity contribution is -0.113. The van der Waals surface area contributed by atoms with E-state index >= 15 is 0 Å². The maximum absolute atomic E-state index is 12.4. The third-order valence-electron chi connectivity index (χ3n) is 4.73. The molecule has 0 unspecified atom stereocenters. The molecule has 0 spiro atoms. The van der Waals surface area contributed by atoms with Crippen LogP contribution >= 0.6 is 11.8 Å². The van der Waals surface area contributed by atoms with Crippen LogP contribution in [0.1, 0.15) is 5.56 Å². The molecule has 4 aromatic rings. The van der Waals surface area contributed by atoms with Crippen LogP contribution in [0, 0.1) is 6.92 Å². The van der Waals surface area contributed by atoms with Crippen molar-refractivity contribution in [3.63, 3.8) is 0 Å². The Kier molecular flexibility index (Phi) is 6.08. The Labute approximate surface area is 184 Å². The second-order valence-electron chi connectivity index (χ2n) is 6.85. The fourth-order valence-corrected chi connectivity index (χ4v) is 3.96. The van der Waals surface area contributed by atoms with Gasteiger partial charge in [-0.3, -0.25) is 9.36 Å². The fraction of sp³-hybridized carbons (Fsp3) is 0.174. The van der Waals surface area contributed by atoms with Crippen LogP contribution in [0.5, 0.6) is 5.75 Å². The van der Waals surface area contributed by atoms with Gasteiger partial charge in [0.1, 0.15) is 0 Å². The molecule has 158 valence electrons. The van der Waals surface area contributed by atoms with Crippen LogP contribution in [0.3, 0.4) is 0 Å².